The van der Waals surface area contributed by atoms with Crippen molar-refractivity contribution in [2.75, 3.05) is 0 Å². The molecule has 0 unspecified atom stereocenters. The van der Waals surface area contributed by atoms with Crippen molar-refractivity contribution in [2.24, 2.45) is 29.1 Å². The SMILES string of the molecule is C=C1/C(=C/C=C2CCC[C@]3(C)[C@@H]([C@H](C)/C=C/[C@@H](O)C4CC4)CC[C@@H]23)C[C@@H](O[Si](C)(C)C(C)(C)C)C[C@@H]1O[Si](C)(C)C(C)(C)C. The van der Waals surface area contributed by atoms with Crippen molar-refractivity contribution in [1.29, 1.82) is 0 Å². The molecule has 0 aromatic rings. The predicted octanol–water partition coefficient (Wildman–Crippen LogP) is 11.1. The molecule has 0 spiro atoms. The molecule has 3 nitrogen and oxygen atoms in total. The summed E-state index contributed by atoms with van der Waals surface area (Å²) >= 11 is 0. The molecule has 5 heteroatoms. The minimum Gasteiger partial charge on any atom is -0.413 e. The van der Waals surface area contributed by atoms with Crippen molar-refractivity contribution < 1.29 is 14.0 Å². The van der Waals surface area contributed by atoms with Crippen molar-refractivity contribution in [2.45, 2.75) is 168 Å². The van der Waals surface area contributed by atoms with Gasteiger partial charge in [-0.3, -0.25) is 0 Å². The third kappa shape index (κ3) is 7.86. The fraction of sp³-hybridized carbons (Fsp3) is 0.795. The second kappa shape index (κ2) is 13.1. The fourth-order valence-electron chi connectivity index (χ4n) is 7.93. The summed E-state index contributed by atoms with van der Waals surface area (Å²) in [4.78, 5) is 0. The highest BCUT2D eigenvalue weighted by Crippen LogP contribution is 2.59. The monoisotopic (exact) mass is 640 g/mol. The smallest absolute Gasteiger partial charge is 0.192 e. The normalized spacial score (nSPS) is 34.2. The average Bonchev–Trinajstić information content (AvgIpc) is 3.68. The number of aliphatic hydroxyl groups excluding tert-OH is 1. The van der Waals surface area contributed by atoms with Crippen molar-refractivity contribution in [3.05, 3.63) is 47.6 Å². The lowest BCUT2D eigenvalue weighted by Crippen LogP contribution is -2.49. The minimum atomic E-state index is -1.98. The second-order valence-electron chi connectivity index (χ2n) is 18.4. The maximum atomic E-state index is 10.5. The van der Waals surface area contributed by atoms with E-state index in [1.807, 2.05) is 0 Å². The minimum absolute atomic E-state index is 0.0233. The van der Waals surface area contributed by atoms with Crippen LogP contribution in [0.2, 0.25) is 36.3 Å². The Bertz CT molecular complexity index is 1130. The molecule has 4 aliphatic carbocycles. The Morgan fingerprint density at radius 1 is 0.909 bits per heavy atom. The molecule has 250 valence electrons. The molecule has 0 saturated heterocycles. The number of rotatable bonds is 9. The lowest BCUT2D eigenvalue weighted by Gasteiger charge is -2.45. The van der Waals surface area contributed by atoms with Crippen LogP contribution in [0.4, 0.5) is 0 Å². The van der Waals surface area contributed by atoms with E-state index >= 15 is 0 Å². The average molecular weight is 641 g/mol. The molecule has 0 aromatic heterocycles. The molecule has 0 aromatic carbocycles. The Hall–Kier alpha value is -0.726. The summed E-state index contributed by atoms with van der Waals surface area (Å²) < 4.78 is 14.2. The van der Waals surface area contributed by atoms with Gasteiger partial charge in [-0.1, -0.05) is 91.8 Å². The maximum Gasteiger partial charge on any atom is 0.192 e. The quantitative estimate of drug-likeness (QED) is 0.201. The van der Waals surface area contributed by atoms with Gasteiger partial charge in [0.25, 0.3) is 0 Å². The zero-order valence-corrected chi connectivity index (χ0v) is 32.7. The Kier molecular flexibility index (Phi) is 10.7. The van der Waals surface area contributed by atoms with Crippen molar-refractivity contribution in [1.82, 2.24) is 0 Å². The summed E-state index contributed by atoms with van der Waals surface area (Å²) in [6.07, 6.45) is 19.9. The lowest BCUT2D eigenvalue weighted by atomic mass is 9.61. The van der Waals surface area contributed by atoms with Crippen LogP contribution < -0.4 is 0 Å². The predicted molar refractivity (Wildman–Crippen MR) is 194 cm³/mol. The van der Waals surface area contributed by atoms with Crippen molar-refractivity contribution in [3.8, 4) is 0 Å². The van der Waals surface area contributed by atoms with E-state index in [-0.39, 0.29) is 28.4 Å². The summed E-state index contributed by atoms with van der Waals surface area (Å²) in [5.41, 5.74) is 4.49. The van der Waals surface area contributed by atoms with Gasteiger partial charge in [-0.15, -0.1) is 0 Å². The number of hydrogen-bond acceptors (Lipinski definition) is 3. The van der Waals surface area contributed by atoms with Gasteiger partial charge < -0.3 is 14.0 Å². The summed E-state index contributed by atoms with van der Waals surface area (Å²) in [6.45, 7) is 33.2. The highest BCUT2D eigenvalue weighted by molar-refractivity contribution is 6.74. The summed E-state index contributed by atoms with van der Waals surface area (Å²) in [7, 11) is -3.90. The van der Waals surface area contributed by atoms with Gasteiger partial charge in [-0.25, -0.2) is 0 Å². The van der Waals surface area contributed by atoms with E-state index in [4.69, 9.17) is 8.85 Å². The molecule has 7 atom stereocenters. The van der Waals surface area contributed by atoms with Crippen LogP contribution in [0.15, 0.2) is 47.6 Å². The van der Waals surface area contributed by atoms with E-state index in [0.717, 1.165) is 12.8 Å². The van der Waals surface area contributed by atoms with Crippen molar-refractivity contribution in [3.63, 3.8) is 0 Å². The Labute approximate surface area is 274 Å². The van der Waals surface area contributed by atoms with Gasteiger partial charge in [0.1, 0.15) is 0 Å². The highest BCUT2D eigenvalue weighted by atomic mass is 28.4. The fourth-order valence-corrected chi connectivity index (χ4v) is 10.6. The van der Waals surface area contributed by atoms with E-state index in [1.165, 1.54) is 56.1 Å². The second-order valence-corrected chi connectivity index (χ2v) is 27.9. The Balaban J connectivity index is 1.57. The van der Waals surface area contributed by atoms with Gasteiger partial charge >= 0.3 is 0 Å². The molecule has 4 aliphatic rings. The first-order valence-corrected chi connectivity index (χ1v) is 23.8. The molecule has 0 bridgehead atoms. The Morgan fingerprint density at radius 3 is 2.11 bits per heavy atom. The molecule has 0 amide bonds. The highest BCUT2D eigenvalue weighted by Gasteiger charge is 2.50. The van der Waals surface area contributed by atoms with Gasteiger partial charge in [-0.05, 0) is 128 Å². The van der Waals surface area contributed by atoms with Crippen molar-refractivity contribution >= 4 is 16.6 Å². The number of aliphatic hydroxyl groups is 1. The molecule has 0 radical (unpaired) electrons. The largest absolute Gasteiger partial charge is 0.413 e. The van der Waals surface area contributed by atoms with Crippen LogP contribution in [0.25, 0.3) is 0 Å². The van der Waals surface area contributed by atoms with Crippen LogP contribution in [0.1, 0.15) is 113 Å². The summed E-state index contributed by atoms with van der Waals surface area (Å²) in [6, 6.07) is 0. The molecule has 4 fully saturated rings. The van der Waals surface area contributed by atoms with Gasteiger partial charge in [0.2, 0.25) is 0 Å². The molecule has 0 heterocycles. The molecular formula is C39H68O3Si2. The zero-order valence-electron chi connectivity index (χ0n) is 30.7. The first-order chi connectivity index (χ1) is 20.2. The molecule has 4 saturated carbocycles. The van der Waals surface area contributed by atoms with Gasteiger partial charge in [0, 0.05) is 6.42 Å². The van der Waals surface area contributed by atoms with E-state index in [2.05, 4.69) is 112 Å². The van der Waals surface area contributed by atoms with Gasteiger partial charge in [0.05, 0.1) is 18.3 Å². The van der Waals surface area contributed by atoms with E-state index in [9.17, 15) is 5.11 Å². The summed E-state index contributed by atoms with van der Waals surface area (Å²) in [5, 5.41) is 10.8. The molecule has 4 rings (SSSR count). The van der Waals surface area contributed by atoms with Crippen LogP contribution in [-0.2, 0) is 8.85 Å². The first-order valence-electron chi connectivity index (χ1n) is 18.0. The maximum absolute atomic E-state index is 10.5. The van der Waals surface area contributed by atoms with Gasteiger partial charge in [-0.2, -0.15) is 0 Å². The Morgan fingerprint density at radius 2 is 1.52 bits per heavy atom. The third-order valence-electron chi connectivity index (χ3n) is 13.1. The van der Waals surface area contributed by atoms with Crippen LogP contribution >= 0.6 is 0 Å². The van der Waals surface area contributed by atoms with Crippen LogP contribution in [0.3, 0.4) is 0 Å². The van der Waals surface area contributed by atoms with E-state index in [1.54, 1.807) is 5.57 Å². The third-order valence-corrected chi connectivity index (χ3v) is 22.1. The van der Waals surface area contributed by atoms with E-state index in [0.29, 0.717) is 29.1 Å². The standard InChI is InChI=1S/C39H68O3Si2/c1-27(16-23-35(40)30-18-19-30)33-21-22-34-29(15-14-24-39(33,34)9)17-20-31-25-32(41-43(10,11)37(3,4)5)26-36(28(31)2)42-44(12,13)38(6,7)8/h16-17,20,23,27,30,32-36,40H,2,14-15,18-19,21-22,24-26H2,1,3-13H3/b23-16+,29-17?,31-20+/t27-,32-,33-,34+,35-,36+,39-/m1/s1. The number of fused-ring (bicyclic) bond motifs is 1. The molecular weight excluding hydrogens is 573 g/mol. The number of hydrogen-bond donors (Lipinski definition) is 1. The lowest BCUT2D eigenvalue weighted by molar-refractivity contribution is 0.0969. The zero-order chi connectivity index (χ0) is 32.9. The van der Waals surface area contributed by atoms with Crippen LogP contribution in [0.5, 0.6) is 0 Å². The van der Waals surface area contributed by atoms with Crippen LogP contribution in [-0.4, -0.2) is 40.1 Å². The van der Waals surface area contributed by atoms with Crippen LogP contribution in [0, 0.1) is 29.1 Å². The van der Waals surface area contributed by atoms with Gasteiger partial charge in [0.15, 0.2) is 16.6 Å². The first kappa shape index (κ1) is 36.1. The molecule has 0 aliphatic heterocycles. The van der Waals surface area contributed by atoms with E-state index < -0.39 is 16.6 Å². The topological polar surface area (TPSA) is 38.7 Å². The summed E-state index contributed by atoms with van der Waals surface area (Å²) in [5.74, 6) is 2.35. The molecule has 1 N–H and O–H groups in total. The number of allylic oxidation sites excluding steroid dienone is 4. The molecule has 44 heavy (non-hydrogen) atoms.